The molecule has 0 amide bonds. The maximum Gasteiger partial charge on any atom is 0.325 e. The van der Waals surface area contributed by atoms with Gasteiger partial charge in [-0.1, -0.05) is 51.1 Å². The monoisotopic (exact) mass is 390 g/mol. The summed E-state index contributed by atoms with van der Waals surface area (Å²) in [6, 6.07) is 0. The summed E-state index contributed by atoms with van der Waals surface area (Å²) in [4.78, 5) is 15.9. The van der Waals surface area contributed by atoms with Crippen LogP contribution in [-0.4, -0.2) is 49.1 Å². The molecule has 11 N–H and O–H groups in total. The number of oxime groups is 3. The first kappa shape index (κ1) is 34.3. The number of nitrogens with two attached hydrogens (primary N) is 3. The van der Waals surface area contributed by atoms with Crippen molar-refractivity contribution in [2.75, 3.05) is 6.16 Å². The van der Waals surface area contributed by atoms with Crippen molar-refractivity contribution in [1.29, 1.82) is 0 Å². The van der Waals surface area contributed by atoms with Gasteiger partial charge < -0.3 is 42.6 Å². The minimum atomic E-state index is -3.65. The van der Waals surface area contributed by atoms with Crippen molar-refractivity contribution in [1.82, 2.24) is 0 Å². The van der Waals surface area contributed by atoms with Crippen LogP contribution < -0.4 is 17.2 Å². The van der Waals surface area contributed by atoms with Gasteiger partial charge in [-0.3, -0.25) is 4.57 Å². The van der Waals surface area contributed by atoms with Crippen molar-refractivity contribution < 1.29 is 30.0 Å². The molecule has 0 heterocycles. The number of amidine groups is 3. The molecule has 0 bridgehead atoms. The molecule has 0 saturated heterocycles. The molecule has 154 valence electrons. The molecule has 0 aromatic carbocycles. The first-order chi connectivity index (χ1) is 10.5. The smallest absolute Gasteiger partial charge is 0.325 e. The molecule has 0 aliphatic carbocycles. The normalized spacial score (nSPS) is 12.9. The van der Waals surface area contributed by atoms with E-state index >= 15 is 0 Å². The van der Waals surface area contributed by atoms with E-state index in [0.717, 1.165) is 0 Å². The fraction of sp³-hybridized carbons (Fsp3) is 0.750. The zero-order valence-corrected chi connectivity index (χ0v) is 14.3. The third kappa shape index (κ3) is 30.4. The predicted octanol–water partition coefficient (Wildman–Crippen LogP) is 1.10. The Hall–Kier alpha value is -2.04. The second-order valence-electron chi connectivity index (χ2n) is 4.15. The second kappa shape index (κ2) is 20.0. The van der Waals surface area contributed by atoms with E-state index < -0.39 is 7.60 Å². The minimum absolute atomic E-state index is 0. The molecule has 25 heavy (non-hydrogen) atoms. The van der Waals surface area contributed by atoms with Gasteiger partial charge in [0, 0.05) is 24.9 Å². The predicted molar refractivity (Wildman–Crippen MR) is 100 cm³/mol. The molecule has 0 spiro atoms. The van der Waals surface area contributed by atoms with Crippen LogP contribution in [0.3, 0.4) is 0 Å². The Labute approximate surface area is 149 Å². The second-order valence-corrected chi connectivity index (χ2v) is 6.11. The van der Waals surface area contributed by atoms with E-state index in [9.17, 15) is 4.57 Å². The van der Waals surface area contributed by atoms with E-state index in [-0.39, 0.29) is 50.9 Å². The summed E-state index contributed by atoms with van der Waals surface area (Å²) in [5.74, 6) is 0.173. The molecule has 0 aromatic heterocycles. The summed E-state index contributed by atoms with van der Waals surface area (Å²) in [6.07, 6.45) is 0.815. The SMILES string of the molecule is C.C.CC(C/C(N)=N\O)/C(N)=N/O.CC/C(N)=N/O.CCP(=O)(O)O. The Bertz CT molecular complexity index is 438. The van der Waals surface area contributed by atoms with Gasteiger partial charge >= 0.3 is 7.60 Å². The number of rotatable bonds is 5. The van der Waals surface area contributed by atoms with Crippen molar-refractivity contribution in [2.24, 2.45) is 38.6 Å². The van der Waals surface area contributed by atoms with Gasteiger partial charge in [0.15, 0.2) is 0 Å². The molecule has 0 fully saturated rings. The van der Waals surface area contributed by atoms with Gasteiger partial charge in [-0.25, -0.2) is 0 Å². The van der Waals surface area contributed by atoms with Gasteiger partial charge in [0.2, 0.25) is 0 Å². The van der Waals surface area contributed by atoms with Crippen LogP contribution in [0, 0.1) is 5.92 Å². The molecular weight excluding hydrogens is 355 g/mol. The Balaban J connectivity index is -0.0000000827. The average Bonchev–Trinajstić information content (AvgIpc) is 2.53. The highest BCUT2D eigenvalue weighted by molar-refractivity contribution is 7.51. The summed E-state index contributed by atoms with van der Waals surface area (Å²) in [5, 5.41) is 32.4. The largest absolute Gasteiger partial charge is 0.409 e. The highest BCUT2D eigenvalue weighted by Gasteiger charge is 2.09. The molecular formula is C12H35N6O6P. The topological polar surface area (TPSA) is 233 Å². The van der Waals surface area contributed by atoms with Crippen LogP contribution in [0.4, 0.5) is 0 Å². The summed E-state index contributed by atoms with van der Waals surface area (Å²) >= 11 is 0. The third-order valence-electron chi connectivity index (χ3n) is 2.17. The molecule has 0 rings (SSSR count). The average molecular weight is 390 g/mol. The molecule has 1 atom stereocenters. The van der Waals surface area contributed by atoms with Crippen LogP contribution in [0.25, 0.3) is 0 Å². The molecule has 0 saturated carbocycles. The van der Waals surface area contributed by atoms with Crippen molar-refractivity contribution in [3.8, 4) is 0 Å². The zero-order chi connectivity index (χ0) is 19.1. The van der Waals surface area contributed by atoms with Gasteiger partial charge in [0.1, 0.15) is 17.5 Å². The lowest BCUT2D eigenvalue weighted by Crippen LogP contribution is -2.26. The van der Waals surface area contributed by atoms with Crippen molar-refractivity contribution in [2.45, 2.75) is 48.5 Å². The Morgan fingerprint density at radius 2 is 1.32 bits per heavy atom. The fourth-order valence-electron chi connectivity index (χ4n) is 0.628. The Morgan fingerprint density at radius 1 is 0.960 bits per heavy atom. The van der Waals surface area contributed by atoms with Gasteiger partial charge in [-0.05, 0) is 0 Å². The molecule has 12 nitrogen and oxygen atoms in total. The highest BCUT2D eigenvalue weighted by Crippen LogP contribution is 2.32. The van der Waals surface area contributed by atoms with E-state index in [0.29, 0.717) is 6.42 Å². The maximum atomic E-state index is 9.69. The van der Waals surface area contributed by atoms with Crippen molar-refractivity contribution in [3.63, 3.8) is 0 Å². The summed E-state index contributed by atoms with van der Waals surface area (Å²) in [5.41, 5.74) is 15.4. The van der Waals surface area contributed by atoms with E-state index in [2.05, 4.69) is 15.5 Å². The van der Waals surface area contributed by atoms with Crippen molar-refractivity contribution >= 4 is 25.1 Å². The first-order valence-electron chi connectivity index (χ1n) is 6.43. The van der Waals surface area contributed by atoms with Gasteiger partial charge in [0.25, 0.3) is 0 Å². The maximum absolute atomic E-state index is 9.69. The van der Waals surface area contributed by atoms with Gasteiger partial charge in [0.05, 0.1) is 0 Å². The van der Waals surface area contributed by atoms with E-state index in [1.54, 1.807) is 6.92 Å². The lowest BCUT2D eigenvalue weighted by molar-refractivity contribution is 0.312. The standard InChI is InChI=1S/C5H12N4O2.C3H8N2O.C2H7O3P.2CH4/c1-3(5(7)9-11)2-4(6)8-10;1-2-3(4)5-6;1-2-6(3,4)5;;/h3,10-11H,2H2,1H3,(H2,6,8)(H2,7,9);6H,2H2,1H3,(H2,4,5);2H2,1H3,(H2,3,4,5);2*1H4. The molecule has 0 radical (unpaired) electrons. The Morgan fingerprint density at radius 3 is 1.48 bits per heavy atom. The molecule has 0 aliphatic heterocycles. The highest BCUT2D eigenvalue weighted by atomic mass is 31.2. The van der Waals surface area contributed by atoms with Crippen LogP contribution in [0.1, 0.15) is 48.5 Å². The lowest BCUT2D eigenvalue weighted by atomic mass is 10.1. The molecule has 0 aromatic rings. The van der Waals surface area contributed by atoms with Crippen LogP contribution in [0.5, 0.6) is 0 Å². The summed E-state index contributed by atoms with van der Waals surface area (Å²) < 4.78 is 9.69. The van der Waals surface area contributed by atoms with Crippen LogP contribution in [-0.2, 0) is 4.57 Å². The van der Waals surface area contributed by atoms with E-state index in [1.807, 2.05) is 6.92 Å². The molecule has 0 aliphatic rings. The summed E-state index contributed by atoms with van der Waals surface area (Å²) in [6.45, 7) is 4.96. The van der Waals surface area contributed by atoms with E-state index in [4.69, 9.17) is 42.6 Å². The summed E-state index contributed by atoms with van der Waals surface area (Å²) in [7, 11) is -3.65. The van der Waals surface area contributed by atoms with Crippen LogP contribution >= 0.6 is 7.60 Å². The zero-order valence-electron chi connectivity index (χ0n) is 13.4. The van der Waals surface area contributed by atoms with Crippen molar-refractivity contribution in [3.05, 3.63) is 0 Å². The Kier molecular flexibility index (Phi) is 27.5. The minimum Gasteiger partial charge on any atom is -0.409 e. The fourth-order valence-corrected chi connectivity index (χ4v) is 0.628. The van der Waals surface area contributed by atoms with Gasteiger partial charge in [-0.2, -0.15) is 0 Å². The molecule has 13 heteroatoms. The van der Waals surface area contributed by atoms with Crippen LogP contribution in [0.2, 0.25) is 0 Å². The lowest BCUT2D eigenvalue weighted by Gasteiger charge is -2.06. The number of nitrogens with zero attached hydrogens (tertiary/aromatic N) is 3. The van der Waals surface area contributed by atoms with E-state index in [1.165, 1.54) is 6.92 Å². The molecule has 1 unspecified atom stereocenters. The number of hydrogen-bond acceptors (Lipinski definition) is 7. The van der Waals surface area contributed by atoms with Gasteiger partial charge in [-0.15, -0.1) is 0 Å². The first-order valence-corrected chi connectivity index (χ1v) is 8.23. The third-order valence-corrected chi connectivity index (χ3v) is 2.99. The van der Waals surface area contributed by atoms with Crippen LogP contribution in [0.15, 0.2) is 15.5 Å². The number of hydrogen-bond donors (Lipinski definition) is 8. The quantitative estimate of drug-likeness (QED) is 0.110.